The Labute approximate surface area is 107 Å². The Morgan fingerprint density at radius 1 is 0.941 bits per heavy atom. The first kappa shape index (κ1) is 16.5. The number of unbranched alkanes of at least 4 members (excludes halogenated alkanes) is 5. The van der Waals surface area contributed by atoms with Gasteiger partial charge in [-0.15, -0.1) is 0 Å². The molecule has 0 radical (unpaired) electrons. The van der Waals surface area contributed by atoms with Gasteiger partial charge in [-0.1, -0.05) is 59.3 Å². The number of carbonyl (C=O) groups is 1. The zero-order chi connectivity index (χ0) is 13.1. The highest BCUT2D eigenvalue weighted by Crippen LogP contribution is 2.34. The van der Waals surface area contributed by atoms with E-state index >= 15 is 0 Å². The van der Waals surface area contributed by atoms with Crippen LogP contribution in [0.5, 0.6) is 0 Å². The third-order valence-electron chi connectivity index (χ3n) is 3.98. The predicted molar refractivity (Wildman–Crippen MR) is 73.0 cm³/mol. The molecule has 0 rings (SSSR count). The Bertz CT molecular complexity index is 195. The first-order chi connectivity index (χ1) is 8.16. The number of ether oxygens (including phenoxy) is 1. The van der Waals surface area contributed by atoms with Crippen LogP contribution in [0.15, 0.2) is 0 Å². The molecule has 0 bridgehead atoms. The summed E-state index contributed by atoms with van der Waals surface area (Å²) in [6.07, 6.45) is 10.4. The number of rotatable bonds is 10. The van der Waals surface area contributed by atoms with Crippen molar-refractivity contribution in [3.63, 3.8) is 0 Å². The van der Waals surface area contributed by atoms with Crippen LogP contribution in [0.25, 0.3) is 0 Å². The van der Waals surface area contributed by atoms with Gasteiger partial charge < -0.3 is 4.74 Å². The summed E-state index contributed by atoms with van der Waals surface area (Å²) in [5.41, 5.74) is -0.223. The Balaban J connectivity index is 3.97. The normalized spacial score (nSPS) is 11.5. The molecule has 0 amide bonds. The van der Waals surface area contributed by atoms with E-state index in [0.29, 0.717) is 0 Å². The maximum absolute atomic E-state index is 11.8. The lowest BCUT2D eigenvalue weighted by molar-refractivity contribution is -0.154. The largest absolute Gasteiger partial charge is 0.469 e. The van der Waals surface area contributed by atoms with E-state index in [0.717, 1.165) is 25.7 Å². The molecule has 0 aromatic carbocycles. The molecule has 0 aliphatic carbocycles. The third-order valence-corrected chi connectivity index (χ3v) is 3.98. The van der Waals surface area contributed by atoms with Crippen molar-refractivity contribution in [2.75, 3.05) is 7.11 Å². The second kappa shape index (κ2) is 9.49. The minimum atomic E-state index is -0.223. The predicted octanol–water partition coefficient (Wildman–Crippen LogP) is 4.72. The highest BCUT2D eigenvalue weighted by molar-refractivity contribution is 5.76. The second-order valence-electron chi connectivity index (χ2n) is 5.00. The van der Waals surface area contributed by atoms with E-state index < -0.39 is 0 Å². The first-order valence-corrected chi connectivity index (χ1v) is 7.25. The minimum Gasteiger partial charge on any atom is -0.469 e. The molecule has 0 aliphatic heterocycles. The van der Waals surface area contributed by atoms with Crippen LogP contribution in [0.3, 0.4) is 0 Å². The van der Waals surface area contributed by atoms with Crippen molar-refractivity contribution in [1.82, 2.24) is 0 Å². The molecule has 0 aromatic heterocycles. The van der Waals surface area contributed by atoms with Crippen molar-refractivity contribution in [2.24, 2.45) is 5.41 Å². The van der Waals surface area contributed by atoms with Crippen LogP contribution in [0.2, 0.25) is 0 Å². The lowest BCUT2D eigenvalue weighted by Crippen LogP contribution is -2.31. The monoisotopic (exact) mass is 242 g/mol. The number of carbonyl (C=O) groups excluding carboxylic acids is 1. The Morgan fingerprint density at radius 2 is 1.47 bits per heavy atom. The lowest BCUT2D eigenvalue weighted by atomic mass is 9.77. The highest BCUT2D eigenvalue weighted by Gasteiger charge is 2.35. The number of hydrogen-bond donors (Lipinski definition) is 0. The number of esters is 1. The first-order valence-electron chi connectivity index (χ1n) is 7.25. The van der Waals surface area contributed by atoms with E-state index in [9.17, 15) is 4.79 Å². The van der Waals surface area contributed by atoms with Crippen molar-refractivity contribution in [3.05, 3.63) is 0 Å². The van der Waals surface area contributed by atoms with E-state index in [1.807, 2.05) is 0 Å². The minimum absolute atomic E-state index is 0.0175. The summed E-state index contributed by atoms with van der Waals surface area (Å²) in [4.78, 5) is 11.8. The van der Waals surface area contributed by atoms with Gasteiger partial charge in [-0.3, -0.25) is 4.79 Å². The summed E-state index contributed by atoms with van der Waals surface area (Å²) >= 11 is 0. The third kappa shape index (κ3) is 5.56. The summed E-state index contributed by atoms with van der Waals surface area (Å²) < 4.78 is 4.95. The number of methoxy groups -OCH3 is 1. The van der Waals surface area contributed by atoms with E-state index in [2.05, 4.69) is 20.8 Å². The van der Waals surface area contributed by atoms with Gasteiger partial charge in [0, 0.05) is 0 Å². The van der Waals surface area contributed by atoms with Gasteiger partial charge >= 0.3 is 5.97 Å². The van der Waals surface area contributed by atoms with Crippen molar-refractivity contribution in [2.45, 2.75) is 78.6 Å². The fraction of sp³-hybridized carbons (Fsp3) is 0.933. The molecule has 0 spiro atoms. The molecule has 0 aliphatic rings. The van der Waals surface area contributed by atoms with Crippen molar-refractivity contribution in [1.29, 1.82) is 0 Å². The number of hydrogen-bond acceptors (Lipinski definition) is 2. The maximum Gasteiger partial charge on any atom is 0.311 e. The van der Waals surface area contributed by atoms with Crippen LogP contribution in [0.1, 0.15) is 78.6 Å². The Kier molecular flexibility index (Phi) is 9.20. The van der Waals surface area contributed by atoms with Crippen molar-refractivity contribution in [3.8, 4) is 0 Å². The average molecular weight is 242 g/mol. The van der Waals surface area contributed by atoms with Gasteiger partial charge in [0.25, 0.3) is 0 Å². The molecule has 0 heterocycles. The van der Waals surface area contributed by atoms with Gasteiger partial charge in [0.1, 0.15) is 0 Å². The van der Waals surface area contributed by atoms with Crippen molar-refractivity contribution < 1.29 is 9.53 Å². The molecule has 0 aromatic rings. The SMILES string of the molecule is CCCCCCCCC(CC)(CC)C(=O)OC. The fourth-order valence-electron chi connectivity index (χ4n) is 2.45. The Hall–Kier alpha value is -0.530. The molecule has 0 saturated heterocycles. The summed E-state index contributed by atoms with van der Waals surface area (Å²) in [6, 6.07) is 0. The molecule has 0 saturated carbocycles. The molecular weight excluding hydrogens is 212 g/mol. The molecule has 0 fully saturated rings. The quantitative estimate of drug-likeness (QED) is 0.409. The van der Waals surface area contributed by atoms with Gasteiger partial charge in [-0.25, -0.2) is 0 Å². The van der Waals surface area contributed by atoms with Crippen LogP contribution in [0.4, 0.5) is 0 Å². The van der Waals surface area contributed by atoms with E-state index in [4.69, 9.17) is 4.74 Å². The lowest BCUT2D eigenvalue weighted by Gasteiger charge is -2.28. The standard InChI is InChI=1S/C15H30O2/c1-5-8-9-10-11-12-13-15(6-2,7-3)14(16)17-4/h5-13H2,1-4H3. The summed E-state index contributed by atoms with van der Waals surface area (Å²) in [6.45, 7) is 6.42. The zero-order valence-electron chi connectivity index (χ0n) is 12.2. The Morgan fingerprint density at radius 3 is 1.94 bits per heavy atom. The van der Waals surface area contributed by atoms with Crippen LogP contribution in [-0.2, 0) is 9.53 Å². The second-order valence-corrected chi connectivity index (χ2v) is 5.00. The van der Waals surface area contributed by atoms with Crippen LogP contribution in [0, 0.1) is 5.41 Å². The topological polar surface area (TPSA) is 26.3 Å². The van der Waals surface area contributed by atoms with Crippen LogP contribution in [-0.4, -0.2) is 13.1 Å². The van der Waals surface area contributed by atoms with E-state index in [-0.39, 0.29) is 11.4 Å². The van der Waals surface area contributed by atoms with Gasteiger partial charge in [-0.2, -0.15) is 0 Å². The molecule has 0 unspecified atom stereocenters. The summed E-state index contributed by atoms with van der Waals surface area (Å²) in [7, 11) is 1.50. The maximum atomic E-state index is 11.8. The molecule has 102 valence electrons. The van der Waals surface area contributed by atoms with Gasteiger partial charge in [0.2, 0.25) is 0 Å². The van der Waals surface area contributed by atoms with Gasteiger partial charge in [-0.05, 0) is 19.3 Å². The van der Waals surface area contributed by atoms with E-state index in [1.165, 1.54) is 39.2 Å². The smallest absolute Gasteiger partial charge is 0.311 e. The fourth-order valence-corrected chi connectivity index (χ4v) is 2.45. The molecule has 2 nitrogen and oxygen atoms in total. The van der Waals surface area contributed by atoms with Gasteiger partial charge in [0.05, 0.1) is 12.5 Å². The molecule has 0 N–H and O–H groups in total. The average Bonchev–Trinajstić information content (AvgIpc) is 2.38. The van der Waals surface area contributed by atoms with Crippen molar-refractivity contribution >= 4 is 5.97 Å². The highest BCUT2D eigenvalue weighted by atomic mass is 16.5. The molecule has 17 heavy (non-hydrogen) atoms. The summed E-state index contributed by atoms with van der Waals surface area (Å²) in [5.74, 6) is -0.0175. The van der Waals surface area contributed by atoms with Crippen LogP contribution >= 0.6 is 0 Å². The molecular formula is C15H30O2. The molecule has 0 atom stereocenters. The van der Waals surface area contributed by atoms with Crippen LogP contribution < -0.4 is 0 Å². The van der Waals surface area contributed by atoms with Gasteiger partial charge in [0.15, 0.2) is 0 Å². The summed E-state index contributed by atoms with van der Waals surface area (Å²) in [5, 5.41) is 0. The van der Waals surface area contributed by atoms with E-state index in [1.54, 1.807) is 0 Å². The molecule has 2 heteroatoms. The zero-order valence-corrected chi connectivity index (χ0v) is 12.2.